The quantitative estimate of drug-likeness (QED) is 0.215. The summed E-state index contributed by atoms with van der Waals surface area (Å²) < 4.78 is 4.59. The van der Waals surface area contributed by atoms with Crippen LogP contribution >= 0.6 is 12.6 Å². The lowest BCUT2D eigenvalue weighted by Crippen LogP contribution is -2.54. The van der Waals surface area contributed by atoms with Gasteiger partial charge in [-0.15, -0.1) is 12.6 Å². The van der Waals surface area contributed by atoms with Crippen molar-refractivity contribution in [3.8, 4) is 0 Å². The fourth-order valence-corrected chi connectivity index (χ4v) is 2.36. The van der Waals surface area contributed by atoms with Crippen molar-refractivity contribution < 1.29 is 28.7 Å². The first-order valence-electron chi connectivity index (χ1n) is 7.80. The molecular formula is C14H22N4O6S. The van der Waals surface area contributed by atoms with Crippen LogP contribution in [0.5, 0.6) is 0 Å². The Bertz CT molecular complexity index is 529. The molecule has 3 atom stereocenters. The molecule has 25 heavy (non-hydrogen) atoms. The van der Waals surface area contributed by atoms with Crippen LogP contribution in [0.1, 0.15) is 26.2 Å². The number of carbonyl (C=O) groups excluding carboxylic acids is 5. The normalized spacial score (nSPS) is 24.7. The molecule has 0 aliphatic carbocycles. The van der Waals surface area contributed by atoms with Crippen LogP contribution in [0.4, 0.5) is 0 Å². The molecule has 0 radical (unpaired) electrons. The van der Waals surface area contributed by atoms with E-state index in [9.17, 15) is 24.0 Å². The van der Waals surface area contributed by atoms with E-state index in [1.54, 1.807) is 6.92 Å². The second kappa shape index (κ2) is 10.5. The Morgan fingerprint density at radius 1 is 1.08 bits per heavy atom. The van der Waals surface area contributed by atoms with E-state index in [-0.39, 0.29) is 32.4 Å². The van der Waals surface area contributed by atoms with Gasteiger partial charge >= 0.3 is 0 Å². The van der Waals surface area contributed by atoms with Crippen molar-refractivity contribution in [2.45, 2.75) is 43.7 Å². The summed E-state index contributed by atoms with van der Waals surface area (Å²) in [4.78, 5) is 58.3. The lowest BCUT2D eigenvalue weighted by atomic mass is 10.2. The minimum absolute atomic E-state index is 0.0172. The standard InChI is InChI=1S/C14H22N4O6S/c1-2-8-12(22)15-5-4-10(21)18-11(14(25)24-7-19)13(23)16-6-3-9(20)17-8/h7-8,11,14,25H,2-6H2,1H3,(H,15,22)(H,16,23)(H,17,20)(H,18,21)/t8-,11+,14?/m0/s1. The van der Waals surface area contributed by atoms with Crippen LogP contribution in [0.2, 0.25) is 0 Å². The number of carbonyl (C=O) groups is 5. The molecule has 1 aliphatic heterocycles. The van der Waals surface area contributed by atoms with Crippen LogP contribution in [-0.2, 0) is 28.7 Å². The molecule has 1 rings (SSSR count). The maximum absolute atomic E-state index is 12.2. The molecule has 4 amide bonds. The summed E-state index contributed by atoms with van der Waals surface area (Å²) in [7, 11) is 0. The number of amides is 4. The summed E-state index contributed by atoms with van der Waals surface area (Å²) in [5.74, 6) is -1.96. The average molecular weight is 374 g/mol. The average Bonchev–Trinajstić information content (AvgIpc) is 2.56. The van der Waals surface area contributed by atoms with E-state index in [1.165, 1.54) is 0 Å². The maximum Gasteiger partial charge on any atom is 0.294 e. The maximum atomic E-state index is 12.2. The predicted molar refractivity (Wildman–Crippen MR) is 89.3 cm³/mol. The van der Waals surface area contributed by atoms with Crippen LogP contribution in [-0.4, -0.2) is 60.7 Å². The molecule has 11 heteroatoms. The van der Waals surface area contributed by atoms with Gasteiger partial charge in [0.05, 0.1) is 0 Å². The summed E-state index contributed by atoms with van der Waals surface area (Å²) >= 11 is 3.96. The molecule has 4 N–H and O–H groups in total. The van der Waals surface area contributed by atoms with E-state index in [0.717, 1.165) is 0 Å². The molecule has 0 bridgehead atoms. The SMILES string of the molecule is CC[C@@H]1NC(=O)CCNC(=O)[C@H](C(S)OC=O)NC(=O)CCNC1=O. The summed E-state index contributed by atoms with van der Waals surface area (Å²) in [6.07, 6.45) is 0.242. The van der Waals surface area contributed by atoms with Crippen molar-refractivity contribution >= 4 is 42.7 Å². The Labute approximate surface area is 150 Å². The number of ether oxygens (including phenoxy) is 1. The first-order chi connectivity index (χ1) is 11.9. The smallest absolute Gasteiger partial charge is 0.294 e. The minimum atomic E-state index is -1.23. The fraction of sp³-hybridized carbons (Fsp3) is 0.643. The molecule has 1 saturated heterocycles. The Balaban J connectivity index is 2.84. The minimum Gasteiger partial charge on any atom is -0.451 e. The Hall–Kier alpha value is -2.30. The van der Waals surface area contributed by atoms with E-state index in [4.69, 9.17) is 0 Å². The summed E-state index contributed by atoms with van der Waals surface area (Å²) in [5.41, 5.74) is -1.19. The Morgan fingerprint density at radius 2 is 1.64 bits per heavy atom. The van der Waals surface area contributed by atoms with Gasteiger partial charge in [-0.2, -0.15) is 0 Å². The number of nitrogens with one attached hydrogen (secondary N) is 4. The van der Waals surface area contributed by atoms with Gasteiger partial charge in [-0.1, -0.05) is 6.92 Å². The van der Waals surface area contributed by atoms with Crippen LogP contribution in [0.15, 0.2) is 0 Å². The van der Waals surface area contributed by atoms with E-state index in [2.05, 4.69) is 38.6 Å². The molecule has 140 valence electrons. The van der Waals surface area contributed by atoms with Gasteiger partial charge in [0.1, 0.15) is 6.04 Å². The highest BCUT2D eigenvalue weighted by Crippen LogP contribution is 2.05. The van der Waals surface area contributed by atoms with Gasteiger partial charge in [0, 0.05) is 25.9 Å². The number of rotatable bonds is 4. The van der Waals surface area contributed by atoms with Crippen molar-refractivity contribution in [3.05, 3.63) is 0 Å². The zero-order valence-electron chi connectivity index (χ0n) is 13.7. The first kappa shape index (κ1) is 20.7. The molecule has 1 unspecified atom stereocenters. The van der Waals surface area contributed by atoms with Gasteiger partial charge in [-0.05, 0) is 6.42 Å². The van der Waals surface area contributed by atoms with Crippen LogP contribution in [0.3, 0.4) is 0 Å². The third-order valence-corrected chi connectivity index (χ3v) is 3.86. The summed E-state index contributed by atoms with van der Waals surface area (Å²) in [5, 5.41) is 9.96. The predicted octanol–water partition coefficient (Wildman–Crippen LogP) is -2.18. The fourth-order valence-electron chi connectivity index (χ4n) is 2.10. The lowest BCUT2D eigenvalue weighted by Gasteiger charge is -2.23. The third-order valence-electron chi connectivity index (χ3n) is 3.44. The lowest BCUT2D eigenvalue weighted by molar-refractivity contribution is -0.137. The van der Waals surface area contributed by atoms with E-state index >= 15 is 0 Å². The molecule has 0 aromatic heterocycles. The van der Waals surface area contributed by atoms with Gasteiger partial charge < -0.3 is 26.0 Å². The molecule has 1 aliphatic rings. The van der Waals surface area contributed by atoms with Crippen LogP contribution in [0.25, 0.3) is 0 Å². The Kier molecular flexibility index (Phi) is 8.75. The van der Waals surface area contributed by atoms with Crippen LogP contribution < -0.4 is 21.3 Å². The van der Waals surface area contributed by atoms with Crippen molar-refractivity contribution in [2.24, 2.45) is 0 Å². The summed E-state index contributed by atoms with van der Waals surface area (Å²) in [6, 6.07) is -1.93. The third kappa shape index (κ3) is 6.99. The monoisotopic (exact) mass is 374 g/mol. The molecule has 0 spiro atoms. The highest BCUT2D eigenvalue weighted by atomic mass is 32.1. The van der Waals surface area contributed by atoms with Crippen LogP contribution in [0, 0.1) is 0 Å². The number of hydrogen-bond acceptors (Lipinski definition) is 7. The Morgan fingerprint density at radius 3 is 2.20 bits per heavy atom. The van der Waals surface area contributed by atoms with Crippen molar-refractivity contribution in [3.63, 3.8) is 0 Å². The topological polar surface area (TPSA) is 143 Å². The number of hydrogen-bond donors (Lipinski definition) is 5. The molecular weight excluding hydrogens is 352 g/mol. The highest BCUT2D eigenvalue weighted by molar-refractivity contribution is 7.80. The molecule has 10 nitrogen and oxygen atoms in total. The van der Waals surface area contributed by atoms with Gasteiger partial charge in [-0.25, -0.2) is 0 Å². The van der Waals surface area contributed by atoms with Gasteiger partial charge in [0.2, 0.25) is 23.6 Å². The van der Waals surface area contributed by atoms with Crippen molar-refractivity contribution in [1.82, 2.24) is 21.3 Å². The van der Waals surface area contributed by atoms with E-state index < -0.39 is 41.1 Å². The summed E-state index contributed by atoms with van der Waals surface area (Å²) in [6.45, 7) is 1.86. The zero-order chi connectivity index (χ0) is 18.8. The molecule has 1 fully saturated rings. The molecule has 1 heterocycles. The second-order valence-electron chi connectivity index (χ2n) is 5.28. The molecule has 0 aromatic rings. The van der Waals surface area contributed by atoms with Crippen molar-refractivity contribution in [1.29, 1.82) is 0 Å². The highest BCUT2D eigenvalue weighted by Gasteiger charge is 2.29. The van der Waals surface area contributed by atoms with Crippen molar-refractivity contribution in [2.75, 3.05) is 13.1 Å². The largest absolute Gasteiger partial charge is 0.451 e. The molecule has 0 saturated carbocycles. The number of thiol groups is 1. The second-order valence-corrected chi connectivity index (χ2v) is 5.79. The van der Waals surface area contributed by atoms with Gasteiger partial charge in [-0.3, -0.25) is 24.0 Å². The van der Waals surface area contributed by atoms with E-state index in [1.807, 2.05) is 0 Å². The van der Waals surface area contributed by atoms with Gasteiger partial charge in [0.15, 0.2) is 11.5 Å². The first-order valence-corrected chi connectivity index (χ1v) is 8.32. The zero-order valence-corrected chi connectivity index (χ0v) is 14.6. The van der Waals surface area contributed by atoms with Gasteiger partial charge in [0.25, 0.3) is 6.47 Å². The van der Waals surface area contributed by atoms with E-state index in [0.29, 0.717) is 6.42 Å². The molecule has 0 aromatic carbocycles.